The molecule has 24 heavy (non-hydrogen) atoms. The van der Waals surface area contributed by atoms with Gasteiger partial charge < -0.3 is 9.47 Å². The summed E-state index contributed by atoms with van der Waals surface area (Å²) in [7, 11) is 3.58. The lowest BCUT2D eigenvalue weighted by atomic mass is 9.87. The third-order valence-electron chi connectivity index (χ3n) is 4.67. The van der Waals surface area contributed by atoms with Crippen molar-refractivity contribution in [1.82, 2.24) is 19.4 Å². The van der Waals surface area contributed by atoms with Crippen LogP contribution in [0.1, 0.15) is 18.4 Å². The predicted octanol–water partition coefficient (Wildman–Crippen LogP) is 2.10. The summed E-state index contributed by atoms with van der Waals surface area (Å²) >= 11 is 0. The molecule has 1 aliphatic heterocycles. The van der Waals surface area contributed by atoms with Gasteiger partial charge in [0, 0.05) is 39.6 Å². The second-order valence-electron chi connectivity index (χ2n) is 6.64. The fourth-order valence-corrected chi connectivity index (χ4v) is 3.53. The van der Waals surface area contributed by atoms with E-state index >= 15 is 0 Å². The molecule has 0 radical (unpaired) electrons. The Kier molecular flexibility index (Phi) is 4.66. The molecule has 128 valence electrons. The number of likely N-dealkylation sites (N-methyl/N-ethyl adjacent to an activating group) is 1. The molecule has 0 aliphatic carbocycles. The Morgan fingerprint density at radius 2 is 2.08 bits per heavy atom. The SMILES string of the molecule is CN(C)C(=O)C1(n2ccnc2)CCCN(Cc2ccc(F)cc2)C1. The number of imidazole rings is 1. The summed E-state index contributed by atoms with van der Waals surface area (Å²) < 4.78 is 15.0. The largest absolute Gasteiger partial charge is 0.347 e. The van der Waals surface area contributed by atoms with E-state index in [0.29, 0.717) is 13.1 Å². The van der Waals surface area contributed by atoms with Crippen molar-refractivity contribution in [2.24, 2.45) is 0 Å². The number of benzene rings is 1. The lowest BCUT2D eigenvalue weighted by molar-refractivity contribution is -0.141. The van der Waals surface area contributed by atoms with Crippen molar-refractivity contribution < 1.29 is 9.18 Å². The fourth-order valence-electron chi connectivity index (χ4n) is 3.53. The van der Waals surface area contributed by atoms with E-state index in [1.54, 1.807) is 43.7 Å². The molecule has 5 nitrogen and oxygen atoms in total. The maximum absolute atomic E-state index is 13.1. The molecule has 1 fully saturated rings. The monoisotopic (exact) mass is 330 g/mol. The molecule has 6 heteroatoms. The van der Waals surface area contributed by atoms with Crippen LogP contribution in [0.25, 0.3) is 0 Å². The minimum atomic E-state index is -0.627. The van der Waals surface area contributed by atoms with E-state index in [2.05, 4.69) is 9.88 Å². The Morgan fingerprint density at radius 3 is 2.71 bits per heavy atom. The van der Waals surface area contributed by atoms with Gasteiger partial charge in [-0.2, -0.15) is 0 Å². The van der Waals surface area contributed by atoms with Crippen LogP contribution in [0.2, 0.25) is 0 Å². The summed E-state index contributed by atoms with van der Waals surface area (Å²) in [5.74, 6) is -0.141. The molecule has 2 heterocycles. The molecule has 1 aromatic carbocycles. The zero-order valence-corrected chi connectivity index (χ0v) is 14.2. The minimum Gasteiger partial charge on any atom is -0.347 e. The van der Waals surface area contributed by atoms with Crippen LogP contribution in [0.15, 0.2) is 43.0 Å². The first-order valence-corrected chi connectivity index (χ1v) is 8.18. The number of nitrogens with zero attached hydrogens (tertiary/aromatic N) is 4. The Bertz CT molecular complexity index is 684. The van der Waals surface area contributed by atoms with Crippen molar-refractivity contribution >= 4 is 5.91 Å². The minimum absolute atomic E-state index is 0.0873. The molecule has 0 saturated carbocycles. The van der Waals surface area contributed by atoms with E-state index in [4.69, 9.17) is 0 Å². The lowest BCUT2D eigenvalue weighted by Gasteiger charge is -2.43. The highest BCUT2D eigenvalue weighted by Crippen LogP contribution is 2.31. The van der Waals surface area contributed by atoms with Crippen molar-refractivity contribution in [2.45, 2.75) is 24.9 Å². The smallest absolute Gasteiger partial charge is 0.249 e. The highest BCUT2D eigenvalue weighted by Gasteiger charge is 2.44. The third kappa shape index (κ3) is 3.19. The Hall–Kier alpha value is -2.21. The van der Waals surface area contributed by atoms with Gasteiger partial charge in [-0.3, -0.25) is 9.69 Å². The van der Waals surface area contributed by atoms with Gasteiger partial charge in [-0.25, -0.2) is 9.37 Å². The third-order valence-corrected chi connectivity index (χ3v) is 4.67. The van der Waals surface area contributed by atoms with E-state index in [-0.39, 0.29) is 11.7 Å². The van der Waals surface area contributed by atoms with Crippen LogP contribution < -0.4 is 0 Å². The predicted molar refractivity (Wildman–Crippen MR) is 89.8 cm³/mol. The van der Waals surface area contributed by atoms with Crippen molar-refractivity contribution in [3.8, 4) is 0 Å². The molecule has 1 aromatic heterocycles. The van der Waals surface area contributed by atoms with Crippen LogP contribution in [-0.4, -0.2) is 52.4 Å². The van der Waals surface area contributed by atoms with Gasteiger partial charge in [0.05, 0.1) is 6.33 Å². The molecule has 0 spiro atoms. The summed E-state index contributed by atoms with van der Waals surface area (Å²) in [5.41, 5.74) is 0.424. The Balaban J connectivity index is 1.85. The maximum atomic E-state index is 13.1. The van der Waals surface area contributed by atoms with E-state index in [1.165, 1.54) is 12.1 Å². The van der Waals surface area contributed by atoms with E-state index in [0.717, 1.165) is 24.9 Å². The van der Waals surface area contributed by atoms with E-state index < -0.39 is 5.54 Å². The topological polar surface area (TPSA) is 41.4 Å². The molecule has 1 saturated heterocycles. The molecular formula is C18H23FN4O. The quantitative estimate of drug-likeness (QED) is 0.862. The van der Waals surface area contributed by atoms with Crippen LogP contribution in [0, 0.1) is 5.82 Å². The first-order valence-electron chi connectivity index (χ1n) is 8.18. The van der Waals surface area contributed by atoms with Crippen LogP contribution in [0.5, 0.6) is 0 Å². The van der Waals surface area contributed by atoms with Crippen LogP contribution in [0.3, 0.4) is 0 Å². The number of aromatic nitrogens is 2. The standard InChI is InChI=1S/C18H23FN4O/c1-21(2)17(24)18(23-11-9-20-14-23)8-3-10-22(13-18)12-15-4-6-16(19)7-5-15/h4-7,9,11,14H,3,8,10,12-13H2,1-2H3. The number of rotatable bonds is 4. The number of hydrogen-bond donors (Lipinski definition) is 0. The number of piperidine rings is 1. The average Bonchev–Trinajstić information content (AvgIpc) is 3.11. The van der Waals surface area contributed by atoms with E-state index in [9.17, 15) is 9.18 Å². The van der Waals surface area contributed by atoms with E-state index in [1.807, 2.05) is 10.8 Å². The number of carbonyl (C=O) groups is 1. The lowest BCUT2D eigenvalue weighted by Crippen LogP contribution is -2.57. The van der Waals surface area contributed by atoms with Gasteiger partial charge in [0.2, 0.25) is 5.91 Å². The highest BCUT2D eigenvalue weighted by molar-refractivity contribution is 5.84. The average molecular weight is 330 g/mol. The van der Waals surface area contributed by atoms with Crippen molar-refractivity contribution in [3.63, 3.8) is 0 Å². The van der Waals surface area contributed by atoms with Crippen molar-refractivity contribution in [2.75, 3.05) is 27.2 Å². The van der Waals surface area contributed by atoms with Gasteiger partial charge in [-0.1, -0.05) is 12.1 Å². The number of carbonyl (C=O) groups excluding carboxylic acids is 1. The van der Waals surface area contributed by atoms with Crippen LogP contribution in [0.4, 0.5) is 4.39 Å². The number of hydrogen-bond acceptors (Lipinski definition) is 3. The summed E-state index contributed by atoms with van der Waals surface area (Å²) in [5, 5.41) is 0. The summed E-state index contributed by atoms with van der Waals surface area (Å²) in [6.45, 7) is 2.25. The molecule has 2 aromatic rings. The first-order chi connectivity index (χ1) is 11.5. The number of amides is 1. The maximum Gasteiger partial charge on any atom is 0.249 e. The van der Waals surface area contributed by atoms with Crippen molar-refractivity contribution in [1.29, 1.82) is 0 Å². The second kappa shape index (κ2) is 6.73. The van der Waals surface area contributed by atoms with Gasteiger partial charge >= 0.3 is 0 Å². The van der Waals surface area contributed by atoms with Gasteiger partial charge in [-0.05, 0) is 37.1 Å². The summed E-state index contributed by atoms with van der Waals surface area (Å²) in [6.07, 6.45) is 7.02. The number of halogens is 1. The van der Waals surface area contributed by atoms with Gasteiger partial charge in [0.25, 0.3) is 0 Å². The summed E-state index contributed by atoms with van der Waals surface area (Å²) in [6, 6.07) is 6.56. The Morgan fingerprint density at radius 1 is 1.33 bits per heavy atom. The molecule has 1 amide bonds. The molecule has 3 rings (SSSR count). The van der Waals surface area contributed by atoms with Gasteiger partial charge in [0.15, 0.2) is 0 Å². The zero-order chi connectivity index (χ0) is 17.2. The van der Waals surface area contributed by atoms with Crippen LogP contribution >= 0.6 is 0 Å². The zero-order valence-electron chi connectivity index (χ0n) is 14.2. The Labute approximate surface area is 141 Å². The molecule has 1 aliphatic rings. The van der Waals surface area contributed by atoms with Gasteiger partial charge in [0.1, 0.15) is 11.4 Å². The normalized spacial score (nSPS) is 21.6. The molecule has 1 atom stereocenters. The first kappa shape index (κ1) is 16.6. The fraction of sp³-hybridized carbons (Fsp3) is 0.444. The van der Waals surface area contributed by atoms with Crippen molar-refractivity contribution in [3.05, 3.63) is 54.4 Å². The number of likely N-dealkylation sites (tertiary alicyclic amines) is 1. The molecule has 0 bridgehead atoms. The highest BCUT2D eigenvalue weighted by atomic mass is 19.1. The summed E-state index contributed by atoms with van der Waals surface area (Å²) in [4.78, 5) is 21.0. The molecule has 1 unspecified atom stereocenters. The molecule has 0 N–H and O–H groups in total. The van der Waals surface area contributed by atoms with Crippen LogP contribution in [-0.2, 0) is 16.9 Å². The second-order valence-corrected chi connectivity index (χ2v) is 6.64. The molecular weight excluding hydrogens is 307 g/mol. The van der Waals surface area contributed by atoms with Gasteiger partial charge in [-0.15, -0.1) is 0 Å².